The maximum Gasteiger partial charge on any atom is 0.388 e. The van der Waals surface area contributed by atoms with E-state index in [9.17, 15) is 9.59 Å². The third-order valence-electron chi connectivity index (χ3n) is 3.43. The number of ketones is 1. The quantitative estimate of drug-likeness (QED) is 0.325. The van der Waals surface area contributed by atoms with Gasteiger partial charge in [-0.15, -0.1) is 5.10 Å². The number of carbonyl (C=O) groups excluding carboxylic acids is 2. The summed E-state index contributed by atoms with van der Waals surface area (Å²) < 4.78 is 5.99. The van der Waals surface area contributed by atoms with Crippen LogP contribution in [-0.4, -0.2) is 26.9 Å². The zero-order valence-corrected chi connectivity index (χ0v) is 13.0. The lowest BCUT2D eigenvalue weighted by Crippen LogP contribution is -2.22. The van der Waals surface area contributed by atoms with Crippen LogP contribution in [0, 0.1) is 0 Å². The summed E-state index contributed by atoms with van der Waals surface area (Å²) in [5, 5.41) is 8.97. The average molecular weight is 335 g/mol. The van der Waals surface area contributed by atoms with E-state index in [4.69, 9.17) is 4.74 Å². The normalized spacial score (nSPS) is 10.8. The number of ether oxygens (including phenoxy) is 1. The minimum absolute atomic E-state index is 0.0285. The van der Waals surface area contributed by atoms with Crippen LogP contribution in [0.5, 0.6) is 5.19 Å². The first-order chi connectivity index (χ1) is 11.7. The maximum atomic E-state index is 12.4. The number of para-hydroxylation sites is 1. The number of nitrogens with zero attached hydrogens (tertiary/aromatic N) is 3. The fourth-order valence-electron chi connectivity index (χ4n) is 2.31. The molecular formula is C17H9N3O3S. The number of hydrogen-bond donors (Lipinski definition) is 0. The second-order valence-corrected chi connectivity index (χ2v) is 5.94. The van der Waals surface area contributed by atoms with Gasteiger partial charge in [0.05, 0.1) is 16.4 Å². The molecule has 2 heterocycles. The van der Waals surface area contributed by atoms with Gasteiger partial charge in [-0.1, -0.05) is 47.7 Å². The van der Waals surface area contributed by atoms with Crippen molar-refractivity contribution in [1.29, 1.82) is 0 Å². The highest BCUT2D eigenvalue weighted by Gasteiger charge is 2.24. The molecule has 24 heavy (non-hydrogen) atoms. The van der Waals surface area contributed by atoms with Crippen LogP contribution in [0.4, 0.5) is 0 Å². The molecule has 116 valence electrons. The molecule has 0 spiro atoms. The molecule has 0 atom stereocenters. The molecule has 0 unspecified atom stereocenters. The fraction of sp³-hybridized carbons (Fsp3) is 0. The SMILES string of the molecule is O=C(Oc1nc2ccccc2s1)C(=O)c1nncc2ccccc12. The van der Waals surface area contributed by atoms with Crippen LogP contribution < -0.4 is 4.74 Å². The first kappa shape index (κ1) is 14.4. The van der Waals surface area contributed by atoms with Gasteiger partial charge in [0.15, 0.2) is 0 Å². The van der Waals surface area contributed by atoms with Crippen molar-refractivity contribution in [2.75, 3.05) is 0 Å². The number of hydrogen-bond acceptors (Lipinski definition) is 7. The van der Waals surface area contributed by atoms with Crippen LogP contribution in [-0.2, 0) is 4.79 Å². The molecule has 0 aliphatic carbocycles. The lowest BCUT2D eigenvalue weighted by Gasteiger charge is -2.02. The van der Waals surface area contributed by atoms with Crippen LogP contribution in [0.3, 0.4) is 0 Å². The molecule has 7 heteroatoms. The van der Waals surface area contributed by atoms with E-state index in [2.05, 4.69) is 15.2 Å². The average Bonchev–Trinajstić information content (AvgIpc) is 3.02. The lowest BCUT2D eigenvalue weighted by atomic mass is 10.1. The van der Waals surface area contributed by atoms with E-state index in [-0.39, 0.29) is 10.9 Å². The molecule has 0 saturated heterocycles. The van der Waals surface area contributed by atoms with Gasteiger partial charge in [0.1, 0.15) is 5.69 Å². The molecular weight excluding hydrogens is 326 g/mol. The highest BCUT2D eigenvalue weighted by Crippen LogP contribution is 2.27. The van der Waals surface area contributed by atoms with Crippen molar-refractivity contribution in [2.24, 2.45) is 0 Å². The number of fused-ring (bicyclic) bond motifs is 2. The first-order valence-electron chi connectivity index (χ1n) is 7.05. The third-order valence-corrected chi connectivity index (χ3v) is 4.34. The highest BCUT2D eigenvalue weighted by atomic mass is 32.1. The van der Waals surface area contributed by atoms with E-state index in [0.29, 0.717) is 10.9 Å². The molecule has 0 radical (unpaired) electrons. The van der Waals surface area contributed by atoms with Gasteiger partial charge < -0.3 is 4.74 Å². The Bertz CT molecular complexity index is 1050. The summed E-state index contributed by atoms with van der Waals surface area (Å²) in [6.07, 6.45) is 1.53. The zero-order chi connectivity index (χ0) is 16.5. The van der Waals surface area contributed by atoms with E-state index >= 15 is 0 Å². The fourth-order valence-corrected chi connectivity index (χ4v) is 3.13. The monoisotopic (exact) mass is 335 g/mol. The van der Waals surface area contributed by atoms with Crippen molar-refractivity contribution in [1.82, 2.24) is 15.2 Å². The molecule has 0 amide bonds. The third kappa shape index (κ3) is 2.50. The molecule has 0 N–H and O–H groups in total. The summed E-state index contributed by atoms with van der Waals surface area (Å²) in [6, 6.07) is 14.5. The Morgan fingerprint density at radius 3 is 2.67 bits per heavy atom. The predicted octanol–water partition coefficient (Wildman–Crippen LogP) is 3.03. The molecule has 4 aromatic rings. The molecule has 0 fully saturated rings. The Labute approximate surface area is 139 Å². The van der Waals surface area contributed by atoms with Gasteiger partial charge in [-0.3, -0.25) is 4.79 Å². The molecule has 6 nitrogen and oxygen atoms in total. The van der Waals surface area contributed by atoms with Crippen molar-refractivity contribution in [3.8, 4) is 5.19 Å². The van der Waals surface area contributed by atoms with Gasteiger partial charge in [-0.2, -0.15) is 5.10 Å². The van der Waals surface area contributed by atoms with Gasteiger partial charge in [-0.05, 0) is 12.1 Å². The second-order valence-electron chi connectivity index (χ2n) is 4.95. The number of rotatable bonds is 3. The largest absolute Gasteiger partial charge is 0.392 e. The Morgan fingerprint density at radius 2 is 1.79 bits per heavy atom. The zero-order valence-electron chi connectivity index (χ0n) is 12.2. The van der Waals surface area contributed by atoms with Crippen LogP contribution in [0.1, 0.15) is 10.5 Å². The maximum absolute atomic E-state index is 12.4. The summed E-state index contributed by atoms with van der Waals surface area (Å²) in [6.45, 7) is 0. The molecule has 0 bridgehead atoms. The lowest BCUT2D eigenvalue weighted by molar-refractivity contribution is -0.129. The molecule has 0 aliphatic heterocycles. The number of benzene rings is 2. The molecule has 4 rings (SSSR count). The van der Waals surface area contributed by atoms with E-state index in [1.54, 1.807) is 24.3 Å². The number of esters is 1. The van der Waals surface area contributed by atoms with Gasteiger partial charge in [-0.25, -0.2) is 9.78 Å². The van der Waals surface area contributed by atoms with Crippen LogP contribution in [0.15, 0.2) is 54.7 Å². The van der Waals surface area contributed by atoms with Crippen LogP contribution in [0.25, 0.3) is 21.0 Å². The van der Waals surface area contributed by atoms with Crippen molar-refractivity contribution >= 4 is 44.1 Å². The molecule has 0 aliphatic rings. The van der Waals surface area contributed by atoms with Gasteiger partial charge in [0.25, 0.3) is 11.0 Å². The van der Waals surface area contributed by atoms with Crippen molar-refractivity contribution in [3.05, 3.63) is 60.4 Å². The summed E-state index contributed by atoms with van der Waals surface area (Å²) in [4.78, 5) is 28.7. The summed E-state index contributed by atoms with van der Waals surface area (Å²) in [5.41, 5.74) is 0.682. The minimum Gasteiger partial charge on any atom is -0.392 e. The van der Waals surface area contributed by atoms with Crippen molar-refractivity contribution < 1.29 is 14.3 Å². The highest BCUT2D eigenvalue weighted by molar-refractivity contribution is 7.20. The Balaban J connectivity index is 1.65. The molecule has 0 saturated carbocycles. The van der Waals surface area contributed by atoms with Crippen LogP contribution >= 0.6 is 11.3 Å². The second kappa shape index (κ2) is 5.78. The van der Waals surface area contributed by atoms with Gasteiger partial charge in [0, 0.05) is 10.8 Å². The van der Waals surface area contributed by atoms with E-state index < -0.39 is 11.8 Å². The van der Waals surface area contributed by atoms with Gasteiger partial charge in [0.2, 0.25) is 0 Å². The summed E-state index contributed by atoms with van der Waals surface area (Å²) >= 11 is 1.20. The van der Waals surface area contributed by atoms with Crippen molar-refractivity contribution in [2.45, 2.75) is 0 Å². The van der Waals surface area contributed by atoms with Crippen LogP contribution in [0.2, 0.25) is 0 Å². The number of aromatic nitrogens is 3. The number of carbonyl (C=O) groups is 2. The van der Waals surface area contributed by atoms with E-state index in [1.165, 1.54) is 17.5 Å². The van der Waals surface area contributed by atoms with Crippen molar-refractivity contribution in [3.63, 3.8) is 0 Å². The summed E-state index contributed by atoms with van der Waals surface area (Å²) in [7, 11) is 0. The first-order valence-corrected chi connectivity index (χ1v) is 7.86. The number of Topliss-reactive ketones (excluding diaryl/α,β-unsaturated/α-hetero) is 1. The Kier molecular flexibility index (Phi) is 3.47. The Hall–Kier alpha value is -3.19. The molecule has 2 aromatic carbocycles. The van der Waals surface area contributed by atoms with Gasteiger partial charge >= 0.3 is 5.97 Å². The minimum atomic E-state index is -1.03. The smallest absolute Gasteiger partial charge is 0.388 e. The van der Waals surface area contributed by atoms with E-state index in [0.717, 1.165) is 10.1 Å². The standard InChI is InChI=1S/C17H9N3O3S/c21-15(14-11-6-2-1-5-10(11)9-18-20-14)16(22)23-17-19-12-7-3-4-8-13(12)24-17/h1-9H. The topological polar surface area (TPSA) is 82.0 Å². The molecule has 2 aromatic heterocycles. The number of thiazole rings is 1. The Morgan fingerprint density at radius 1 is 1.00 bits per heavy atom. The predicted molar refractivity (Wildman–Crippen MR) is 89.1 cm³/mol. The van der Waals surface area contributed by atoms with E-state index in [1.807, 2.05) is 24.3 Å². The summed E-state index contributed by atoms with van der Waals surface area (Å²) in [5.74, 6) is -1.88.